The summed E-state index contributed by atoms with van der Waals surface area (Å²) in [6.07, 6.45) is 2.10. The smallest absolute Gasteiger partial charge is 0.258 e. The SMILES string of the molecule is CC(=O)c1cccc(OCC(=O)NCc2cccc(C(=O)N3CCCC3)c2)c1. The van der Waals surface area contributed by atoms with Gasteiger partial charge in [0.25, 0.3) is 11.8 Å². The minimum atomic E-state index is -0.274. The first-order chi connectivity index (χ1) is 13.5. The van der Waals surface area contributed by atoms with Crippen LogP contribution in [0.3, 0.4) is 0 Å². The molecule has 28 heavy (non-hydrogen) atoms. The summed E-state index contributed by atoms with van der Waals surface area (Å²) in [7, 11) is 0. The summed E-state index contributed by atoms with van der Waals surface area (Å²) in [6.45, 7) is 3.27. The molecule has 146 valence electrons. The number of Topliss-reactive ketones (excluding diaryl/α,β-unsaturated/α-hetero) is 1. The maximum Gasteiger partial charge on any atom is 0.258 e. The van der Waals surface area contributed by atoms with Crippen LogP contribution in [-0.4, -0.2) is 42.2 Å². The first-order valence-electron chi connectivity index (χ1n) is 9.41. The van der Waals surface area contributed by atoms with Crippen molar-refractivity contribution in [2.45, 2.75) is 26.3 Å². The van der Waals surface area contributed by atoms with Crippen LogP contribution in [0.1, 0.15) is 46.0 Å². The molecule has 1 fully saturated rings. The van der Waals surface area contributed by atoms with Gasteiger partial charge < -0.3 is 15.0 Å². The Hall–Kier alpha value is -3.15. The second-order valence-corrected chi connectivity index (χ2v) is 6.85. The number of hydrogen-bond donors (Lipinski definition) is 1. The third-order valence-electron chi connectivity index (χ3n) is 4.67. The van der Waals surface area contributed by atoms with E-state index >= 15 is 0 Å². The van der Waals surface area contributed by atoms with Crippen molar-refractivity contribution in [1.82, 2.24) is 10.2 Å². The Morgan fingerprint density at radius 3 is 2.46 bits per heavy atom. The second-order valence-electron chi connectivity index (χ2n) is 6.85. The van der Waals surface area contributed by atoms with Gasteiger partial charge in [-0.05, 0) is 49.6 Å². The summed E-state index contributed by atoms with van der Waals surface area (Å²) in [6, 6.07) is 14.1. The summed E-state index contributed by atoms with van der Waals surface area (Å²) in [5.41, 5.74) is 2.04. The van der Waals surface area contributed by atoms with E-state index in [1.807, 2.05) is 23.1 Å². The molecule has 6 nitrogen and oxygen atoms in total. The Labute approximate surface area is 164 Å². The lowest BCUT2D eigenvalue weighted by molar-refractivity contribution is -0.123. The molecule has 0 bridgehead atoms. The molecular formula is C22H24N2O4. The Morgan fingerprint density at radius 2 is 1.71 bits per heavy atom. The van der Waals surface area contributed by atoms with Crippen LogP contribution in [-0.2, 0) is 11.3 Å². The average Bonchev–Trinajstić information content (AvgIpc) is 3.25. The van der Waals surface area contributed by atoms with Crippen LogP contribution in [0.25, 0.3) is 0 Å². The lowest BCUT2D eigenvalue weighted by atomic mass is 10.1. The van der Waals surface area contributed by atoms with Crippen LogP contribution >= 0.6 is 0 Å². The van der Waals surface area contributed by atoms with Crippen LogP contribution in [0.5, 0.6) is 5.75 Å². The van der Waals surface area contributed by atoms with Gasteiger partial charge in [-0.15, -0.1) is 0 Å². The van der Waals surface area contributed by atoms with E-state index in [4.69, 9.17) is 4.74 Å². The number of nitrogens with one attached hydrogen (secondary N) is 1. The Bertz CT molecular complexity index is 872. The molecular weight excluding hydrogens is 356 g/mol. The van der Waals surface area contributed by atoms with Crippen molar-refractivity contribution in [3.63, 3.8) is 0 Å². The predicted octanol–water partition coefficient (Wildman–Crippen LogP) is 2.82. The molecule has 2 amide bonds. The van der Waals surface area contributed by atoms with Gasteiger partial charge >= 0.3 is 0 Å². The monoisotopic (exact) mass is 380 g/mol. The third kappa shape index (κ3) is 5.19. The van der Waals surface area contributed by atoms with Gasteiger partial charge in [0, 0.05) is 30.8 Å². The summed E-state index contributed by atoms with van der Waals surface area (Å²) >= 11 is 0. The topological polar surface area (TPSA) is 75.7 Å². The van der Waals surface area contributed by atoms with E-state index in [1.54, 1.807) is 30.3 Å². The fourth-order valence-corrected chi connectivity index (χ4v) is 3.12. The Kier molecular flexibility index (Phi) is 6.42. The lowest BCUT2D eigenvalue weighted by Crippen LogP contribution is -2.29. The normalized spacial score (nSPS) is 13.2. The molecule has 0 spiro atoms. The van der Waals surface area contributed by atoms with Crippen molar-refractivity contribution in [3.8, 4) is 5.75 Å². The Balaban J connectivity index is 1.50. The van der Waals surface area contributed by atoms with E-state index in [0.29, 0.717) is 23.4 Å². The summed E-state index contributed by atoms with van der Waals surface area (Å²) < 4.78 is 5.45. The van der Waals surface area contributed by atoms with E-state index in [-0.39, 0.29) is 24.2 Å². The molecule has 0 aromatic heterocycles. The summed E-state index contributed by atoms with van der Waals surface area (Å²) in [5, 5.41) is 2.79. The number of amides is 2. The van der Waals surface area contributed by atoms with Crippen LogP contribution in [0.15, 0.2) is 48.5 Å². The van der Waals surface area contributed by atoms with Crippen LogP contribution in [0.2, 0.25) is 0 Å². The van der Waals surface area contributed by atoms with E-state index in [2.05, 4.69) is 5.32 Å². The zero-order chi connectivity index (χ0) is 19.9. The standard InChI is InChI=1S/C22H24N2O4/c1-16(25)18-7-5-9-20(13-18)28-15-21(26)23-14-17-6-4-8-19(12-17)22(27)24-10-2-3-11-24/h4-9,12-13H,2-3,10-11,14-15H2,1H3,(H,23,26). The minimum Gasteiger partial charge on any atom is -0.484 e. The number of carbonyl (C=O) groups is 3. The Morgan fingerprint density at radius 1 is 1.00 bits per heavy atom. The average molecular weight is 380 g/mol. The van der Waals surface area contributed by atoms with Gasteiger partial charge in [0.05, 0.1) is 0 Å². The van der Waals surface area contributed by atoms with Gasteiger partial charge in [-0.1, -0.05) is 24.3 Å². The molecule has 1 aliphatic rings. The maximum atomic E-state index is 12.5. The van der Waals surface area contributed by atoms with Crippen LogP contribution in [0, 0.1) is 0 Å². The predicted molar refractivity (Wildman–Crippen MR) is 105 cm³/mol. The number of hydrogen-bond acceptors (Lipinski definition) is 4. The highest BCUT2D eigenvalue weighted by atomic mass is 16.5. The summed E-state index contributed by atoms with van der Waals surface area (Å²) in [5.74, 6) is 0.184. The zero-order valence-corrected chi connectivity index (χ0v) is 15.9. The number of nitrogens with zero attached hydrogens (tertiary/aromatic N) is 1. The molecule has 1 aliphatic heterocycles. The molecule has 0 saturated carbocycles. The highest BCUT2D eigenvalue weighted by molar-refractivity contribution is 5.95. The van der Waals surface area contributed by atoms with Gasteiger partial charge in [0.15, 0.2) is 12.4 Å². The number of likely N-dealkylation sites (tertiary alicyclic amines) is 1. The fraction of sp³-hybridized carbons (Fsp3) is 0.318. The first kappa shape index (κ1) is 19.6. The molecule has 1 N–H and O–H groups in total. The van der Waals surface area contributed by atoms with Gasteiger partial charge in [-0.2, -0.15) is 0 Å². The van der Waals surface area contributed by atoms with Gasteiger partial charge in [-0.25, -0.2) is 0 Å². The van der Waals surface area contributed by atoms with E-state index in [1.165, 1.54) is 6.92 Å². The summed E-state index contributed by atoms with van der Waals surface area (Å²) in [4.78, 5) is 37.8. The molecule has 2 aromatic carbocycles. The number of carbonyl (C=O) groups excluding carboxylic acids is 3. The number of ether oxygens (including phenoxy) is 1. The van der Waals surface area contributed by atoms with Crippen molar-refractivity contribution in [2.75, 3.05) is 19.7 Å². The highest BCUT2D eigenvalue weighted by Crippen LogP contribution is 2.15. The highest BCUT2D eigenvalue weighted by Gasteiger charge is 2.19. The minimum absolute atomic E-state index is 0.0411. The van der Waals surface area contributed by atoms with Crippen LogP contribution in [0.4, 0.5) is 0 Å². The van der Waals surface area contributed by atoms with Crippen molar-refractivity contribution >= 4 is 17.6 Å². The van der Waals surface area contributed by atoms with E-state index in [9.17, 15) is 14.4 Å². The third-order valence-corrected chi connectivity index (χ3v) is 4.67. The van der Waals surface area contributed by atoms with Gasteiger partial charge in [0.2, 0.25) is 0 Å². The zero-order valence-electron chi connectivity index (χ0n) is 15.9. The fourth-order valence-electron chi connectivity index (χ4n) is 3.12. The molecule has 2 aromatic rings. The number of rotatable bonds is 7. The molecule has 1 heterocycles. The largest absolute Gasteiger partial charge is 0.484 e. The molecule has 3 rings (SSSR count). The molecule has 0 aliphatic carbocycles. The number of benzene rings is 2. The molecule has 6 heteroatoms. The molecule has 0 atom stereocenters. The molecule has 1 saturated heterocycles. The van der Waals surface area contributed by atoms with Crippen molar-refractivity contribution in [1.29, 1.82) is 0 Å². The van der Waals surface area contributed by atoms with E-state index < -0.39 is 0 Å². The molecule has 0 unspecified atom stereocenters. The van der Waals surface area contributed by atoms with Gasteiger partial charge in [-0.3, -0.25) is 14.4 Å². The first-order valence-corrected chi connectivity index (χ1v) is 9.41. The second kappa shape index (κ2) is 9.17. The van der Waals surface area contributed by atoms with Crippen molar-refractivity contribution in [3.05, 3.63) is 65.2 Å². The van der Waals surface area contributed by atoms with Crippen molar-refractivity contribution in [2.24, 2.45) is 0 Å². The quantitative estimate of drug-likeness (QED) is 0.750. The van der Waals surface area contributed by atoms with Gasteiger partial charge in [0.1, 0.15) is 5.75 Å². The number of ketones is 1. The van der Waals surface area contributed by atoms with Crippen molar-refractivity contribution < 1.29 is 19.1 Å². The van der Waals surface area contributed by atoms with Crippen LogP contribution < -0.4 is 10.1 Å². The molecule has 0 radical (unpaired) electrons. The lowest BCUT2D eigenvalue weighted by Gasteiger charge is -2.15. The maximum absolute atomic E-state index is 12.5. The van der Waals surface area contributed by atoms with E-state index in [0.717, 1.165) is 31.5 Å².